The van der Waals surface area contributed by atoms with E-state index < -0.39 is 5.82 Å². The Labute approximate surface area is 142 Å². The summed E-state index contributed by atoms with van der Waals surface area (Å²) < 4.78 is 24.5. The maximum atomic E-state index is 13.4. The monoisotopic (exact) mass is 381 g/mol. The van der Waals surface area contributed by atoms with Crippen LogP contribution in [-0.2, 0) is 0 Å². The molecule has 0 saturated heterocycles. The van der Waals surface area contributed by atoms with Crippen LogP contribution < -0.4 is 9.47 Å². The summed E-state index contributed by atoms with van der Waals surface area (Å²) in [5.41, 5.74) is 0.295. The fourth-order valence-corrected chi connectivity index (χ4v) is 2.44. The average molecular weight is 382 g/mol. The molecule has 0 bridgehead atoms. The molecule has 0 N–H and O–H groups in total. The predicted octanol–water partition coefficient (Wildman–Crippen LogP) is 3.75. The van der Waals surface area contributed by atoms with Gasteiger partial charge in [0.25, 0.3) is 5.91 Å². The first-order chi connectivity index (χ1) is 11.0. The Balaban J connectivity index is 1.88. The number of hydrogen-bond donors (Lipinski definition) is 0. The van der Waals surface area contributed by atoms with Gasteiger partial charge in [-0.15, -0.1) is 0 Å². The van der Waals surface area contributed by atoms with E-state index in [1.807, 2.05) is 0 Å². The van der Waals surface area contributed by atoms with Crippen molar-refractivity contribution in [2.75, 3.05) is 27.3 Å². The van der Waals surface area contributed by atoms with Crippen molar-refractivity contribution in [1.82, 2.24) is 4.90 Å². The van der Waals surface area contributed by atoms with E-state index in [0.717, 1.165) is 5.75 Å². The molecular weight excluding hydrogens is 365 g/mol. The van der Waals surface area contributed by atoms with E-state index in [0.29, 0.717) is 28.9 Å². The Morgan fingerprint density at radius 3 is 2.43 bits per heavy atom. The van der Waals surface area contributed by atoms with E-state index >= 15 is 0 Å². The summed E-state index contributed by atoms with van der Waals surface area (Å²) >= 11 is 3.18. The van der Waals surface area contributed by atoms with E-state index in [-0.39, 0.29) is 5.91 Å². The Kier molecular flexibility index (Phi) is 5.98. The van der Waals surface area contributed by atoms with E-state index in [2.05, 4.69) is 15.9 Å². The van der Waals surface area contributed by atoms with E-state index in [9.17, 15) is 9.18 Å². The van der Waals surface area contributed by atoms with E-state index in [1.165, 1.54) is 17.0 Å². The van der Waals surface area contributed by atoms with Crippen LogP contribution in [-0.4, -0.2) is 38.1 Å². The van der Waals surface area contributed by atoms with Crippen LogP contribution in [0.4, 0.5) is 4.39 Å². The molecule has 0 heterocycles. The highest BCUT2D eigenvalue weighted by Crippen LogP contribution is 2.18. The standard InChI is InChI=1S/C17H17BrFNO3/c1-20(17(21)12-9-13(18)11-14(19)10-12)7-8-23-16-5-3-15(22-2)4-6-16/h3-6,9-11H,7-8H2,1-2H3. The number of carbonyl (C=O) groups excluding carboxylic acids is 1. The number of carbonyl (C=O) groups is 1. The Hall–Kier alpha value is -2.08. The maximum absolute atomic E-state index is 13.4. The maximum Gasteiger partial charge on any atom is 0.253 e. The van der Waals surface area contributed by atoms with Gasteiger partial charge in [0.15, 0.2) is 0 Å². The van der Waals surface area contributed by atoms with Gasteiger partial charge in [0.1, 0.15) is 23.9 Å². The third-order valence-electron chi connectivity index (χ3n) is 3.21. The van der Waals surface area contributed by atoms with E-state index in [4.69, 9.17) is 9.47 Å². The molecule has 0 spiro atoms. The highest BCUT2D eigenvalue weighted by atomic mass is 79.9. The number of ether oxygens (including phenoxy) is 2. The van der Waals surface area contributed by atoms with Crippen LogP contribution in [0.15, 0.2) is 46.9 Å². The van der Waals surface area contributed by atoms with Crippen molar-refractivity contribution in [3.63, 3.8) is 0 Å². The number of nitrogens with zero attached hydrogens (tertiary/aromatic N) is 1. The Morgan fingerprint density at radius 2 is 1.83 bits per heavy atom. The van der Waals surface area contributed by atoms with Gasteiger partial charge >= 0.3 is 0 Å². The second kappa shape index (κ2) is 7.97. The number of benzene rings is 2. The Morgan fingerprint density at radius 1 is 1.17 bits per heavy atom. The number of likely N-dealkylation sites (N-methyl/N-ethyl adjacent to an activating group) is 1. The number of hydrogen-bond acceptors (Lipinski definition) is 3. The lowest BCUT2D eigenvalue weighted by Gasteiger charge is -2.18. The van der Waals surface area contributed by atoms with Crippen molar-refractivity contribution in [3.05, 3.63) is 58.3 Å². The molecule has 0 aliphatic rings. The van der Waals surface area contributed by atoms with Gasteiger partial charge in [-0.25, -0.2) is 4.39 Å². The fourth-order valence-electron chi connectivity index (χ4n) is 1.97. The lowest BCUT2D eigenvalue weighted by molar-refractivity contribution is 0.0773. The first-order valence-corrected chi connectivity index (χ1v) is 7.77. The second-order valence-corrected chi connectivity index (χ2v) is 5.82. The molecule has 2 aromatic carbocycles. The minimum Gasteiger partial charge on any atom is -0.497 e. The third-order valence-corrected chi connectivity index (χ3v) is 3.67. The molecule has 1 amide bonds. The lowest BCUT2D eigenvalue weighted by atomic mass is 10.2. The summed E-state index contributed by atoms with van der Waals surface area (Å²) in [5, 5.41) is 0. The van der Waals surface area contributed by atoms with Gasteiger partial charge in [0, 0.05) is 17.1 Å². The molecule has 0 aliphatic carbocycles. The molecular formula is C17H17BrFNO3. The second-order valence-electron chi connectivity index (χ2n) is 4.91. The van der Waals surface area contributed by atoms with Crippen LogP contribution in [0.3, 0.4) is 0 Å². The molecule has 0 aliphatic heterocycles. The number of amides is 1. The highest BCUT2D eigenvalue weighted by Gasteiger charge is 2.13. The summed E-state index contributed by atoms with van der Waals surface area (Å²) in [5.74, 6) is 0.732. The van der Waals surface area contributed by atoms with Crippen molar-refractivity contribution in [2.45, 2.75) is 0 Å². The summed E-state index contributed by atoms with van der Waals surface area (Å²) in [7, 11) is 3.25. The topological polar surface area (TPSA) is 38.8 Å². The van der Waals surface area contributed by atoms with E-state index in [1.54, 1.807) is 44.5 Å². The van der Waals surface area contributed by atoms with Crippen molar-refractivity contribution in [2.24, 2.45) is 0 Å². The first-order valence-electron chi connectivity index (χ1n) is 6.98. The third kappa shape index (κ3) is 4.96. The SMILES string of the molecule is COc1ccc(OCCN(C)C(=O)c2cc(F)cc(Br)c2)cc1. The normalized spacial score (nSPS) is 10.3. The van der Waals surface area contributed by atoms with Gasteiger partial charge in [0.2, 0.25) is 0 Å². The van der Waals surface area contributed by atoms with Crippen LogP contribution in [0.2, 0.25) is 0 Å². The first kappa shape index (κ1) is 17.3. The van der Waals surface area contributed by atoms with Crippen LogP contribution in [0, 0.1) is 5.82 Å². The highest BCUT2D eigenvalue weighted by molar-refractivity contribution is 9.10. The molecule has 0 saturated carbocycles. The molecule has 0 unspecified atom stereocenters. The van der Waals surface area contributed by atoms with Gasteiger partial charge in [0.05, 0.1) is 13.7 Å². The predicted molar refractivity (Wildman–Crippen MR) is 89.5 cm³/mol. The van der Waals surface area contributed by atoms with Gasteiger partial charge < -0.3 is 14.4 Å². The quantitative estimate of drug-likeness (QED) is 0.764. The number of methoxy groups -OCH3 is 1. The molecule has 122 valence electrons. The number of halogens is 2. The van der Waals surface area contributed by atoms with Crippen LogP contribution >= 0.6 is 15.9 Å². The molecule has 6 heteroatoms. The summed E-state index contributed by atoms with van der Waals surface area (Å²) in [4.78, 5) is 13.7. The summed E-state index contributed by atoms with van der Waals surface area (Å²) in [6.07, 6.45) is 0. The zero-order valence-electron chi connectivity index (χ0n) is 12.9. The minimum atomic E-state index is -0.453. The molecule has 0 radical (unpaired) electrons. The molecule has 0 atom stereocenters. The van der Waals surface area contributed by atoms with Crippen molar-refractivity contribution < 1.29 is 18.7 Å². The van der Waals surface area contributed by atoms with Crippen LogP contribution in [0.25, 0.3) is 0 Å². The van der Waals surface area contributed by atoms with Crippen LogP contribution in [0.5, 0.6) is 11.5 Å². The molecule has 4 nitrogen and oxygen atoms in total. The minimum absolute atomic E-state index is 0.261. The van der Waals surface area contributed by atoms with Gasteiger partial charge in [-0.05, 0) is 42.5 Å². The van der Waals surface area contributed by atoms with Gasteiger partial charge in [-0.3, -0.25) is 4.79 Å². The average Bonchev–Trinajstić information content (AvgIpc) is 2.53. The largest absolute Gasteiger partial charge is 0.497 e. The molecule has 2 rings (SSSR count). The van der Waals surface area contributed by atoms with Crippen LogP contribution in [0.1, 0.15) is 10.4 Å². The lowest BCUT2D eigenvalue weighted by Crippen LogP contribution is -2.31. The zero-order chi connectivity index (χ0) is 16.8. The Bertz CT molecular complexity index is 656. The zero-order valence-corrected chi connectivity index (χ0v) is 14.5. The summed E-state index contributed by atoms with van der Waals surface area (Å²) in [6.45, 7) is 0.726. The number of rotatable bonds is 6. The summed E-state index contributed by atoms with van der Waals surface area (Å²) in [6, 6.07) is 11.3. The molecule has 23 heavy (non-hydrogen) atoms. The van der Waals surface area contributed by atoms with Crippen molar-refractivity contribution in [1.29, 1.82) is 0 Å². The molecule has 0 aromatic heterocycles. The fraction of sp³-hybridized carbons (Fsp3) is 0.235. The van der Waals surface area contributed by atoms with Crippen molar-refractivity contribution >= 4 is 21.8 Å². The van der Waals surface area contributed by atoms with Crippen molar-refractivity contribution in [3.8, 4) is 11.5 Å². The molecule has 0 fully saturated rings. The van der Waals surface area contributed by atoms with Gasteiger partial charge in [-0.1, -0.05) is 15.9 Å². The molecule has 2 aromatic rings. The van der Waals surface area contributed by atoms with Gasteiger partial charge in [-0.2, -0.15) is 0 Å². The smallest absolute Gasteiger partial charge is 0.253 e.